The van der Waals surface area contributed by atoms with Crippen LogP contribution in [0.3, 0.4) is 0 Å². The van der Waals surface area contributed by atoms with Crippen LogP contribution in [0.2, 0.25) is 0 Å². The van der Waals surface area contributed by atoms with Crippen LogP contribution >= 0.6 is 12.4 Å². The second-order valence-electron chi connectivity index (χ2n) is 3.76. The lowest BCUT2D eigenvalue weighted by atomic mass is 10.1. The van der Waals surface area contributed by atoms with Crippen molar-refractivity contribution in [3.63, 3.8) is 0 Å². The van der Waals surface area contributed by atoms with E-state index in [0.717, 1.165) is 12.1 Å². The van der Waals surface area contributed by atoms with Crippen LogP contribution in [0.25, 0.3) is 10.8 Å². The average molecular weight is 276 g/mol. The average Bonchev–Trinajstić information content (AvgIpc) is 2.31. The van der Waals surface area contributed by atoms with Crippen molar-refractivity contribution >= 4 is 23.2 Å². The van der Waals surface area contributed by atoms with Crippen LogP contribution in [0.1, 0.15) is 18.7 Å². The van der Waals surface area contributed by atoms with Crippen LogP contribution in [0.5, 0.6) is 0 Å². The van der Waals surface area contributed by atoms with E-state index in [1.54, 1.807) is 14.0 Å². The minimum atomic E-state index is -1.04. The highest BCUT2D eigenvalue weighted by Crippen LogP contribution is 2.21. The van der Waals surface area contributed by atoms with E-state index < -0.39 is 17.2 Å². The summed E-state index contributed by atoms with van der Waals surface area (Å²) in [6, 6.07) is 1.70. The number of benzene rings is 1. The molecule has 1 aromatic carbocycles. The molecule has 0 aliphatic heterocycles. The fourth-order valence-corrected chi connectivity index (χ4v) is 1.64. The largest absolute Gasteiger partial charge is 0.312 e. The van der Waals surface area contributed by atoms with Gasteiger partial charge in [0.15, 0.2) is 11.6 Å². The van der Waals surface area contributed by atoms with Gasteiger partial charge in [0.1, 0.15) is 0 Å². The molecule has 98 valence electrons. The first kappa shape index (κ1) is 14.5. The molecular formula is C11H12ClF2N3O. The fraction of sp³-hybridized carbons (Fsp3) is 0.273. The zero-order chi connectivity index (χ0) is 12.6. The Kier molecular flexibility index (Phi) is 4.37. The molecule has 0 unspecified atom stereocenters. The number of aromatic amines is 1. The van der Waals surface area contributed by atoms with Gasteiger partial charge in [-0.25, -0.2) is 13.9 Å². The van der Waals surface area contributed by atoms with E-state index in [9.17, 15) is 13.6 Å². The number of nitrogens with one attached hydrogen (secondary N) is 2. The van der Waals surface area contributed by atoms with Crippen molar-refractivity contribution in [2.75, 3.05) is 7.05 Å². The van der Waals surface area contributed by atoms with Gasteiger partial charge in [0.25, 0.3) is 5.56 Å². The predicted molar refractivity (Wildman–Crippen MR) is 67.0 cm³/mol. The molecule has 2 N–H and O–H groups in total. The van der Waals surface area contributed by atoms with Crippen LogP contribution < -0.4 is 10.9 Å². The third kappa shape index (κ3) is 2.34. The van der Waals surface area contributed by atoms with E-state index in [2.05, 4.69) is 15.5 Å². The smallest absolute Gasteiger partial charge is 0.272 e. The van der Waals surface area contributed by atoms with E-state index in [-0.39, 0.29) is 23.8 Å². The molecule has 1 atom stereocenters. The summed E-state index contributed by atoms with van der Waals surface area (Å²) >= 11 is 0. The zero-order valence-electron chi connectivity index (χ0n) is 9.75. The van der Waals surface area contributed by atoms with E-state index in [1.807, 2.05) is 0 Å². The SMILES string of the molecule is CN[C@H](C)c1n[nH]c(=O)c2cc(F)c(F)cc12.Cl. The Bertz CT molecular complexity index is 629. The Hall–Kier alpha value is -1.53. The molecule has 0 aliphatic rings. The summed E-state index contributed by atoms with van der Waals surface area (Å²) in [5.74, 6) is -2.04. The molecule has 18 heavy (non-hydrogen) atoms. The topological polar surface area (TPSA) is 57.8 Å². The first-order chi connectivity index (χ1) is 8.04. The zero-order valence-corrected chi connectivity index (χ0v) is 10.6. The molecule has 1 heterocycles. The van der Waals surface area contributed by atoms with Gasteiger partial charge in [-0.2, -0.15) is 5.10 Å². The van der Waals surface area contributed by atoms with Crippen molar-refractivity contribution < 1.29 is 8.78 Å². The summed E-state index contributed by atoms with van der Waals surface area (Å²) in [6.45, 7) is 1.81. The van der Waals surface area contributed by atoms with Crippen molar-refractivity contribution in [1.82, 2.24) is 15.5 Å². The highest BCUT2D eigenvalue weighted by molar-refractivity contribution is 5.85. The third-order valence-corrected chi connectivity index (χ3v) is 2.70. The van der Waals surface area contributed by atoms with Gasteiger partial charge in [0.2, 0.25) is 0 Å². The maximum absolute atomic E-state index is 13.2. The number of aromatic nitrogens is 2. The number of hydrogen-bond acceptors (Lipinski definition) is 3. The third-order valence-electron chi connectivity index (χ3n) is 2.70. The van der Waals surface area contributed by atoms with Gasteiger partial charge in [0, 0.05) is 11.4 Å². The number of nitrogens with zero attached hydrogens (tertiary/aromatic N) is 1. The minimum absolute atomic E-state index is 0. The van der Waals surface area contributed by atoms with E-state index >= 15 is 0 Å². The van der Waals surface area contributed by atoms with Crippen LogP contribution in [0, 0.1) is 11.6 Å². The highest BCUT2D eigenvalue weighted by Gasteiger charge is 2.14. The lowest BCUT2D eigenvalue weighted by molar-refractivity contribution is 0.510. The van der Waals surface area contributed by atoms with Gasteiger partial charge in [-0.3, -0.25) is 4.79 Å². The summed E-state index contributed by atoms with van der Waals surface area (Å²) in [5.41, 5.74) is -0.0630. The molecule has 7 heteroatoms. The normalized spacial score (nSPS) is 12.2. The molecule has 0 fully saturated rings. The predicted octanol–water partition coefficient (Wildman–Crippen LogP) is 1.90. The maximum Gasteiger partial charge on any atom is 0.272 e. The van der Waals surface area contributed by atoms with Crippen LogP contribution in [0.15, 0.2) is 16.9 Å². The van der Waals surface area contributed by atoms with Crippen LogP contribution in [-0.2, 0) is 0 Å². The molecule has 4 nitrogen and oxygen atoms in total. The number of hydrogen-bond donors (Lipinski definition) is 2. The molecule has 0 aliphatic carbocycles. The number of H-pyrrole nitrogens is 1. The highest BCUT2D eigenvalue weighted by atomic mass is 35.5. The van der Waals surface area contributed by atoms with Gasteiger partial charge in [-0.15, -0.1) is 12.4 Å². The van der Waals surface area contributed by atoms with E-state index in [1.165, 1.54) is 0 Å². The molecule has 0 radical (unpaired) electrons. The lowest BCUT2D eigenvalue weighted by Gasteiger charge is -2.11. The van der Waals surface area contributed by atoms with Gasteiger partial charge < -0.3 is 5.32 Å². The summed E-state index contributed by atoms with van der Waals surface area (Å²) < 4.78 is 26.3. The summed E-state index contributed by atoms with van der Waals surface area (Å²) in [7, 11) is 1.71. The Labute approximate surface area is 108 Å². The monoisotopic (exact) mass is 275 g/mol. The lowest BCUT2D eigenvalue weighted by Crippen LogP contribution is -2.19. The van der Waals surface area contributed by atoms with Crippen molar-refractivity contribution in [3.8, 4) is 0 Å². The molecule has 0 spiro atoms. The number of halogens is 3. The molecule has 0 saturated carbocycles. The van der Waals surface area contributed by atoms with E-state index in [4.69, 9.17) is 0 Å². The van der Waals surface area contributed by atoms with Gasteiger partial charge in [0.05, 0.1) is 11.1 Å². The first-order valence-electron chi connectivity index (χ1n) is 5.09. The second-order valence-corrected chi connectivity index (χ2v) is 3.76. The molecular weight excluding hydrogens is 264 g/mol. The molecule has 2 rings (SSSR count). The standard InChI is InChI=1S/C11H11F2N3O.ClH/c1-5(14-2)10-6-3-8(12)9(13)4-7(6)11(17)16-15-10;/h3-5,14H,1-2H3,(H,16,17);1H/t5-;/m1./s1. The van der Waals surface area contributed by atoms with Gasteiger partial charge in [-0.05, 0) is 26.1 Å². The molecule has 0 bridgehead atoms. The van der Waals surface area contributed by atoms with Gasteiger partial charge in [-0.1, -0.05) is 0 Å². The summed E-state index contributed by atoms with van der Waals surface area (Å²) in [5, 5.41) is 9.46. The van der Waals surface area contributed by atoms with Crippen molar-refractivity contribution in [2.45, 2.75) is 13.0 Å². The van der Waals surface area contributed by atoms with Crippen molar-refractivity contribution in [3.05, 3.63) is 39.8 Å². The van der Waals surface area contributed by atoms with Gasteiger partial charge >= 0.3 is 0 Å². The molecule has 0 amide bonds. The minimum Gasteiger partial charge on any atom is -0.312 e. The Morgan fingerprint density at radius 3 is 2.39 bits per heavy atom. The van der Waals surface area contributed by atoms with Crippen molar-refractivity contribution in [2.24, 2.45) is 0 Å². The number of fused-ring (bicyclic) bond motifs is 1. The molecule has 0 saturated heterocycles. The molecule has 2 aromatic rings. The second kappa shape index (κ2) is 5.41. The maximum atomic E-state index is 13.2. The fourth-order valence-electron chi connectivity index (χ4n) is 1.64. The van der Waals surface area contributed by atoms with Crippen LogP contribution in [-0.4, -0.2) is 17.2 Å². The Morgan fingerprint density at radius 1 is 1.28 bits per heavy atom. The Balaban J connectivity index is 0.00000162. The van der Waals surface area contributed by atoms with Crippen LogP contribution in [0.4, 0.5) is 8.78 Å². The molecule has 1 aromatic heterocycles. The van der Waals surface area contributed by atoms with Crippen molar-refractivity contribution in [1.29, 1.82) is 0 Å². The quantitative estimate of drug-likeness (QED) is 0.880. The number of rotatable bonds is 2. The first-order valence-corrected chi connectivity index (χ1v) is 5.09. The van der Waals surface area contributed by atoms with E-state index in [0.29, 0.717) is 11.1 Å². The summed E-state index contributed by atoms with van der Waals surface area (Å²) in [4.78, 5) is 11.5. The Morgan fingerprint density at radius 2 is 1.83 bits per heavy atom. The summed E-state index contributed by atoms with van der Waals surface area (Å²) in [6.07, 6.45) is 0.